The van der Waals surface area contributed by atoms with Crippen LogP contribution in [0.3, 0.4) is 0 Å². The van der Waals surface area contributed by atoms with Gasteiger partial charge in [0.05, 0.1) is 18.4 Å². The average Bonchev–Trinajstić information content (AvgIpc) is 3.01. The molecular formula is C28H28Cl2N2O3. The van der Waals surface area contributed by atoms with Crippen molar-refractivity contribution in [2.45, 2.75) is 31.5 Å². The Hall–Kier alpha value is -2.57. The summed E-state index contributed by atoms with van der Waals surface area (Å²) in [6, 6.07) is 15.3. The number of hydrogen-bond donors (Lipinski definition) is 1. The van der Waals surface area contributed by atoms with Crippen LogP contribution in [-0.4, -0.2) is 41.7 Å². The van der Waals surface area contributed by atoms with Crippen molar-refractivity contribution in [1.29, 1.82) is 0 Å². The highest BCUT2D eigenvalue weighted by Crippen LogP contribution is 2.39. The average molecular weight is 511 g/mol. The molecule has 7 heteroatoms. The Bertz CT molecular complexity index is 1230. The highest BCUT2D eigenvalue weighted by molar-refractivity contribution is 6.34. The Kier molecular flexibility index (Phi) is 7.03. The maximum absolute atomic E-state index is 11.2. The molecule has 1 N–H and O–H groups in total. The molecule has 0 aliphatic carbocycles. The Morgan fingerprint density at radius 1 is 1.09 bits per heavy atom. The number of methoxy groups -OCH3 is 1. The molecule has 0 saturated carbocycles. The molecule has 0 radical (unpaired) electrons. The van der Waals surface area contributed by atoms with Gasteiger partial charge in [0, 0.05) is 47.0 Å². The fourth-order valence-electron chi connectivity index (χ4n) is 4.93. The lowest BCUT2D eigenvalue weighted by Crippen LogP contribution is -2.42. The number of nitrogens with zero attached hydrogens (tertiary/aromatic N) is 2. The van der Waals surface area contributed by atoms with Crippen LogP contribution < -0.4 is 9.47 Å². The van der Waals surface area contributed by atoms with Gasteiger partial charge in [-0.2, -0.15) is 0 Å². The summed E-state index contributed by atoms with van der Waals surface area (Å²) in [5.41, 5.74) is 4.04. The fraction of sp³-hybridized carbons (Fsp3) is 0.321. The van der Waals surface area contributed by atoms with Crippen molar-refractivity contribution in [1.82, 2.24) is 9.88 Å². The Balaban J connectivity index is 1.32. The van der Waals surface area contributed by atoms with E-state index in [0.717, 1.165) is 65.5 Å². The molecule has 0 atom stereocenters. The van der Waals surface area contributed by atoms with Gasteiger partial charge >= 0.3 is 0 Å². The summed E-state index contributed by atoms with van der Waals surface area (Å²) in [6.07, 6.45) is 6.22. The summed E-state index contributed by atoms with van der Waals surface area (Å²) in [4.78, 5) is 6.95. The minimum atomic E-state index is -0.901. The number of ether oxygens (including phenoxy) is 2. The molecule has 2 aliphatic rings. The second-order valence-corrected chi connectivity index (χ2v) is 9.96. The minimum Gasteiger partial charge on any atom is -0.497 e. The van der Waals surface area contributed by atoms with Crippen molar-refractivity contribution in [3.63, 3.8) is 0 Å². The van der Waals surface area contributed by atoms with Gasteiger partial charge in [0.1, 0.15) is 18.1 Å². The normalized spacial score (nSPS) is 18.3. The van der Waals surface area contributed by atoms with Gasteiger partial charge in [0.15, 0.2) is 0 Å². The van der Waals surface area contributed by atoms with E-state index in [4.69, 9.17) is 32.7 Å². The molecule has 5 nitrogen and oxygen atoms in total. The zero-order valence-corrected chi connectivity index (χ0v) is 21.1. The molecule has 5 rings (SSSR count). The van der Waals surface area contributed by atoms with Crippen molar-refractivity contribution in [3.8, 4) is 11.5 Å². The highest BCUT2D eigenvalue weighted by Gasteiger charge is 2.34. The van der Waals surface area contributed by atoms with Gasteiger partial charge in [0.25, 0.3) is 0 Å². The van der Waals surface area contributed by atoms with Crippen LogP contribution in [0.4, 0.5) is 0 Å². The van der Waals surface area contributed by atoms with E-state index >= 15 is 0 Å². The first kappa shape index (κ1) is 24.1. The van der Waals surface area contributed by atoms with Crippen LogP contribution in [0.5, 0.6) is 11.5 Å². The van der Waals surface area contributed by atoms with Crippen molar-refractivity contribution in [2.75, 3.05) is 26.7 Å². The molecular weight excluding hydrogens is 483 g/mol. The van der Waals surface area contributed by atoms with Gasteiger partial charge < -0.3 is 19.5 Å². The van der Waals surface area contributed by atoms with Crippen molar-refractivity contribution < 1.29 is 14.6 Å². The number of halogens is 2. The monoisotopic (exact) mass is 510 g/mol. The van der Waals surface area contributed by atoms with Crippen LogP contribution in [-0.2, 0) is 12.2 Å². The summed E-state index contributed by atoms with van der Waals surface area (Å²) in [6.45, 7) is 2.93. The van der Waals surface area contributed by atoms with Gasteiger partial charge in [-0.15, -0.1) is 0 Å². The number of benzene rings is 2. The number of aromatic nitrogens is 1. The standard InChI is InChI=1S/C28H28Cl2N2O3/c1-34-22-6-7-27-25(17-22)23(24-4-2-10-31-26(24)18-35-27)5-3-11-32-12-8-28(33,9-13-32)19-14-20(29)16-21(30)15-19/h2,4-7,10,14-17,33H,3,8-9,11-13,18H2,1H3. The van der Waals surface area contributed by atoms with E-state index in [0.29, 0.717) is 29.5 Å². The third kappa shape index (κ3) is 5.19. The first-order valence-corrected chi connectivity index (χ1v) is 12.6. The van der Waals surface area contributed by atoms with E-state index < -0.39 is 5.60 Å². The van der Waals surface area contributed by atoms with Crippen LogP contribution in [0.15, 0.2) is 60.8 Å². The highest BCUT2D eigenvalue weighted by atomic mass is 35.5. The summed E-state index contributed by atoms with van der Waals surface area (Å²) in [5.74, 6) is 1.63. The quantitative estimate of drug-likeness (QED) is 0.449. The van der Waals surface area contributed by atoms with E-state index in [1.807, 2.05) is 36.4 Å². The molecule has 35 heavy (non-hydrogen) atoms. The maximum atomic E-state index is 11.2. The number of rotatable bonds is 5. The SMILES string of the molecule is COc1ccc2c(c1)C(=CCCN1CCC(O)(c3cc(Cl)cc(Cl)c3)CC1)c1cccnc1CO2. The van der Waals surface area contributed by atoms with Crippen molar-refractivity contribution in [3.05, 3.63) is 93.2 Å². The van der Waals surface area contributed by atoms with Crippen LogP contribution in [0, 0.1) is 0 Å². The van der Waals surface area contributed by atoms with Crippen molar-refractivity contribution in [2.24, 2.45) is 0 Å². The number of aliphatic hydroxyl groups is 1. The summed E-state index contributed by atoms with van der Waals surface area (Å²) >= 11 is 12.3. The number of likely N-dealkylation sites (tertiary alicyclic amines) is 1. The second-order valence-electron chi connectivity index (χ2n) is 9.09. The molecule has 3 aromatic rings. The molecule has 0 bridgehead atoms. The molecule has 0 unspecified atom stereocenters. The number of piperidine rings is 1. The van der Waals surface area contributed by atoms with Crippen molar-refractivity contribution >= 4 is 28.8 Å². The van der Waals surface area contributed by atoms with Crippen LogP contribution >= 0.6 is 23.2 Å². The van der Waals surface area contributed by atoms with Gasteiger partial charge in [-0.1, -0.05) is 35.3 Å². The van der Waals surface area contributed by atoms with E-state index in [1.54, 1.807) is 19.4 Å². The van der Waals surface area contributed by atoms with E-state index in [2.05, 4.69) is 22.0 Å². The third-order valence-corrected chi connectivity index (χ3v) is 7.34. The van der Waals surface area contributed by atoms with Gasteiger partial charge in [-0.05, 0) is 72.9 Å². The minimum absolute atomic E-state index is 0.436. The summed E-state index contributed by atoms with van der Waals surface area (Å²) in [5, 5.41) is 12.3. The van der Waals surface area contributed by atoms with E-state index in [1.165, 1.54) is 0 Å². The smallest absolute Gasteiger partial charge is 0.131 e. The Labute approximate surface area is 215 Å². The molecule has 3 heterocycles. The second kappa shape index (κ2) is 10.2. The zero-order valence-electron chi connectivity index (χ0n) is 19.6. The van der Waals surface area contributed by atoms with E-state index in [9.17, 15) is 5.11 Å². The largest absolute Gasteiger partial charge is 0.497 e. The molecule has 1 saturated heterocycles. The molecule has 1 fully saturated rings. The lowest BCUT2D eigenvalue weighted by atomic mass is 9.84. The Morgan fingerprint density at radius 2 is 1.86 bits per heavy atom. The summed E-state index contributed by atoms with van der Waals surface area (Å²) < 4.78 is 11.5. The molecule has 2 aliphatic heterocycles. The molecule has 182 valence electrons. The molecule has 0 spiro atoms. The first-order chi connectivity index (χ1) is 16.9. The van der Waals surface area contributed by atoms with Gasteiger partial charge in [-0.3, -0.25) is 4.98 Å². The predicted octanol–water partition coefficient (Wildman–Crippen LogP) is 6.09. The molecule has 2 aromatic carbocycles. The number of pyridine rings is 1. The third-order valence-electron chi connectivity index (χ3n) is 6.90. The van der Waals surface area contributed by atoms with Crippen LogP contribution in [0.25, 0.3) is 5.57 Å². The predicted molar refractivity (Wildman–Crippen MR) is 139 cm³/mol. The molecule has 0 amide bonds. The lowest BCUT2D eigenvalue weighted by molar-refractivity contribution is -0.0254. The molecule has 1 aromatic heterocycles. The fourth-order valence-corrected chi connectivity index (χ4v) is 5.46. The maximum Gasteiger partial charge on any atom is 0.131 e. The first-order valence-electron chi connectivity index (χ1n) is 11.8. The van der Waals surface area contributed by atoms with Crippen LogP contribution in [0.1, 0.15) is 41.6 Å². The van der Waals surface area contributed by atoms with Gasteiger partial charge in [0.2, 0.25) is 0 Å². The number of fused-ring (bicyclic) bond motifs is 2. The topological polar surface area (TPSA) is 54.8 Å². The Morgan fingerprint density at radius 3 is 2.60 bits per heavy atom. The number of hydrogen-bond acceptors (Lipinski definition) is 5. The van der Waals surface area contributed by atoms with Crippen LogP contribution in [0.2, 0.25) is 10.0 Å². The van der Waals surface area contributed by atoms with Gasteiger partial charge in [-0.25, -0.2) is 0 Å². The lowest BCUT2D eigenvalue weighted by Gasteiger charge is -2.38. The van der Waals surface area contributed by atoms with E-state index in [-0.39, 0.29) is 0 Å². The summed E-state index contributed by atoms with van der Waals surface area (Å²) in [7, 11) is 1.67. The zero-order chi connectivity index (χ0) is 24.4.